The van der Waals surface area contributed by atoms with Crippen molar-refractivity contribution in [3.05, 3.63) is 63.6 Å². The molecule has 1 unspecified atom stereocenters. The first-order chi connectivity index (χ1) is 14.5. The Morgan fingerprint density at radius 2 is 1.58 bits per heavy atom. The predicted octanol–water partition coefficient (Wildman–Crippen LogP) is 4.77. The lowest BCUT2D eigenvalue weighted by Gasteiger charge is -2.24. The summed E-state index contributed by atoms with van der Waals surface area (Å²) in [6, 6.07) is 10.7. The van der Waals surface area contributed by atoms with Crippen LogP contribution in [0, 0.1) is 0 Å². The van der Waals surface area contributed by atoms with Crippen LogP contribution in [-0.2, 0) is 4.79 Å². The average molecular weight is 462 g/mol. The number of nitrogens with one attached hydrogen (secondary N) is 2. The van der Waals surface area contributed by atoms with Crippen molar-refractivity contribution in [1.29, 1.82) is 0 Å². The first kappa shape index (κ1) is 23.1. The molecule has 3 rings (SSSR count). The van der Waals surface area contributed by atoms with Crippen LogP contribution in [0.4, 0.5) is 5.69 Å². The molecule has 164 valence electrons. The minimum atomic E-state index is -0.589. The molecule has 0 spiro atoms. The molecule has 2 aromatic rings. The maximum Gasteiger partial charge on any atom is 0.254 e. The molecule has 1 saturated heterocycles. The molecule has 1 fully saturated rings. The minimum absolute atomic E-state index is 0.182. The zero-order chi connectivity index (χ0) is 22.8. The van der Waals surface area contributed by atoms with E-state index in [2.05, 4.69) is 10.6 Å². The van der Waals surface area contributed by atoms with Gasteiger partial charge in [0.15, 0.2) is 0 Å². The number of likely N-dealkylation sites (tertiary alicyclic amines) is 1. The van der Waals surface area contributed by atoms with E-state index in [9.17, 15) is 14.4 Å². The van der Waals surface area contributed by atoms with Gasteiger partial charge in [0.1, 0.15) is 6.04 Å². The second-order valence-electron chi connectivity index (χ2n) is 8.59. The summed E-state index contributed by atoms with van der Waals surface area (Å²) >= 11 is 12.0. The van der Waals surface area contributed by atoms with Crippen LogP contribution >= 0.6 is 23.2 Å². The van der Waals surface area contributed by atoms with Gasteiger partial charge in [-0.3, -0.25) is 14.4 Å². The molecule has 2 N–H and O–H groups in total. The highest BCUT2D eigenvalue weighted by atomic mass is 35.5. The smallest absolute Gasteiger partial charge is 0.254 e. The van der Waals surface area contributed by atoms with E-state index in [4.69, 9.17) is 23.2 Å². The summed E-state index contributed by atoms with van der Waals surface area (Å²) in [5, 5.41) is 6.47. The largest absolute Gasteiger partial charge is 0.347 e. The number of anilines is 1. The summed E-state index contributed by atoms with van der Waals surface area (Å²) in [5.74, 6) is -0.736. The number of hydrogen-bond acceptors (Lipinski definition) is 3. The highest BCUT2D eigenvalue weighted by molar-refractivity contribution is 6.35. The van der Waals surface area contributed by atoms with Gasteiger partial charge in [0.25, 0.3) is 11.8 Å². The van der Waals surface area contributed by atoms with Crippen LogP contribution in [0.2, 0.25) is 10.0 Å². The summed E-state index contributed by atoms with van der Waals surface area (Å²) < 4.78 is 0. The fourth-order valence-electron chi connectivity index (χ4n) is 3.47. The van der Waals surface area contributed by atoms with Crippen LogP contribution in [0.1, 0.15) is 54.3 Å². The molecule has 0 aliphatic carbocycles. The Labute approximate surface area is 191 Å². The number of rotatable bonds is 4. The third-order valence-corrected chi connectivity index (χ3v) is 5.27. The zero-order valence-corrected chi connectivity index (χ0v) is 19.2. The molecule has 1 aliphatic heterocycles. The first-order valence-electron chi connectivity index (χ1n) is 10.0. The molecule has 0 bridgehead atoms. The summed E-state index contributed by atoms with van der Waals surface area (Å²) in [6.45, 7) is 6.20. The highest BCUT2D eigenvalue weighted by Gasteiger charge is 2.34. The Hall–Kier alpha value is -2.57. The van der Waals surface area contributed by atoms with Gasteiger partial charge in [-0.2, -0.15) is 0 Å². The van der Waals surface area contributed by atoms with Crippen molar-refractivity contribution in [2.75, 3.05) is 11.9 Å². The first-order valence-corrected chi connectivity index (χ1v) is 10.8. The molecule has 0 saturated carbocycles. The quantitative estimate of drug-likeness (QED) is 0.688. The molecule has 3 amide bonds. The van der Waals surface area contributed by atoms with Gasteiger partial charge < -0.3 is 15.5 Å². The maximum absolute atomic E-state index is 12.9. The molecular weight excluding hydrogens is 437 g/mol. The minimum Gasteiger partial charge on any atom is -0.347 e. The van der Waals surface area contributed by atoms with Crippen molar-refractivity contribution in [2.45, 2.75) is 45.2 Å². The van der Waals surface area contributed by atoms with E-state index in [1.54, 1.807) is 47.4 Å². The van der Waals surface area contributed by atoms with Crippen molar-refractivity contribution in [3.8, 4) is 0 Å². The summed E-state index contributed by atoms with van der Waals surface area (Å²) in [4.78, 5) is 39.6. The van der Waals surface area contributed by atoms with Crippen molar-refractivity contribution in [3.63, 3.8) is 0 Å². The lowest BCUT2D eigenvalue weighted by atomic mass is 10.1. The Morgan fingerprint density at radius 3 is 2.16 bits per heavy atom. The van der Waals surface area contributed by atoms with Gasteiger partial charge in [-0.15, -0.1) is 0 Å². The third kappa shape index (κ3) is 5.99. The van der Waals surface area contributed by atoms with E-state index in [0.717, 1.165) is 6.42 Å². The Kier molecular flexibility index (Phi) is 6.92. The standard InChI is InChI=1S/C23H25Cl2N3O3/c1-23(2,3)27-20(29)14-6-8-18(9-7-14)26-21(30)19-5-4-10-28(19)22(31)15-11-16(24)13-17(25)12-15/h6-9,11-13,19H,4-5,10H2,1-3H3,(H,26,30)(H,27,29). The molecule has 1 aliphatic rings. The van der Waals surface area contributed by atoms with Crippen LogP contribution in [0.3, 0.4) is 0 Å². The molecule has 31 heavy (non-hydrogen) atoms. The zero-order valence-electron chi connectivity index (χ0n) is 17.7. The fraction of sp³-hybridized carbons (Fsp3) is 0.348. The molecule has 1 atom stereocenters. The number of carbonyl (C=O) groups excluding carboxylic acids is 3. The lowest BCUT2D eigenvalue weighted by Crippen LogP contribution is -2.43. The SMILES string of the molecule is CC(C)(C)NC(=O)c1ccc(NC(=O)C2CCCN2C(=O)c2cc(Cl)cc(Cl)c2)cc1. The van der Waals surface area contributed by atoms with Gasteiger partial charge >= 0.3 is 0 Å². The normalized spacial score (nSPS) is 16.2. The molecule has 6 nitrogen and oxygen atoms in total. The number of halogens is 2. The van der Waals surface area contributed by atoms with E-state index < -0.39 is 6.04 Å². The van der Waals surface area contributed by atoms with Crippen molar-refractivity contribution in [2.24, 2.45) is 0 Å². The Bertz CT molecular complexity index is 980. The van der Waals surface area contributed by atoms with Crippen molar-refractivity contribution >= 4 is 46.6 Å². The van der Waals surface area contributed by atoms with E-state index in [-0.39, 0.29) is 23.3 Å². The fourth-order valence-corrected chi connectivity index (χ4v) is 3.99. The molecule has 0 aromatic heterocycles. The van der Waals surface area contributed by atoms with Crippen molar-refractivity contribution < 1.29 is 14.4 Å². The van der Waals surface area contributed by atoms with Crippen molar-refractivity contribution in [1.82, 2.24) is 10.2 Å². The van der Waals surface area contributed by atoms with Gasteiger partial charge in [-0.1, -0.05) is 23.2 Å². The second-order valence-corrected chi connectivity index (χ2v) is 9.46. The highest BCUT2D eigenvalue weighted by Crippen LogP contribution is 2.25. The number of benzene rings is 2. The average Bonchev–Trinajstić information content (AvgIpc) is 3.15. The summed E-state index contributed by atoms with van der Waals surface area (Å²) in [7, 11) is 0. The molecule has 8 heteroatoms. The van der Waals surface area contributed by atoms with E-state index >= 15 is 0 Å². The number of carbonyl (C=O) groups is 3. The molecule has 0 radical (unpaired) electrons. The number of hydrogen-bond donors (Lipinski definition) is 2. The van der Waals surface area contributed by atoms with Gasteiger partial charge in [0, 0.05) is 38.9 Å². The predicted molar refractivity (Wildman–Crippen MR) is 123 cm³/mol. The van der Waals surface area contributed by atoms with E-state index in [1.165, 1.54) is 0 Å². The molecular formula is C23H25Cl2N3O3. The second kappa shape index (κ2) is 9.28. The monoisotopic (exact) mass is 461 g/mol. The van der Waals surface area contributed by atoms with E-state index in [1.807, 2.05) is 20.8 Å². The maximum atomic E-state index is 12.9. The molecule has 2 aromatic carbocycles. The van der Waals surface area contributed by atoms with Gasteiger partial charge in [-0.25, -0.2) is 0 Å². The molecule has 1 heterocycles. The summed E-state index contributed by atoms with van der Waals surface area (Å²) in [6.07, 6.45) is 1.29. The van der Waals surface area contributed by atoms with Gasteiger partial charge in [-0.05, 0) is 76.1 Å². The third-order valence-electron chi connectivity index (χ3n) is 4.83. The van der Waals surface area contributed by atoms with Gasteiger partial charge in [0.05, 0.1) is 0 Å². The number of amides is 3. The van der Waals surface area contributed by atoms with Crippen LogP contribution in [-0.4, -0.2) is 40.7 Å². The Balaban J connectivity index is 1.68. The van der Waals surface area contributed by atoms with E-state index in [0.29, 0.717) is 39.8 Å². The Morgan fingerprint density at radius 1 is 0.968 bits per heavy atom. The van der Waals surface area contributed by atoms with Crippen LogP contribution < -0.4 is 10.6 Å². The van der Waals surface area contributed by atoms with Crippen LogP contribution in [0.15, 0.2) is 42.5 Å². The lowest BCUT2D eigenvalue weighted by molar-refractivity contribution is -0.119. The number of nitrogens with zero attached hydrogens (tertiary/aromatic N) is 1. The van der Waals surface area contributed by atoms with Gasteiger partial charge in [0.2, 0.25) is 5.91 Å². The van der Waals surface area contributed by atoms with Crippen LogP contribution in [0.5, 0.6) is 0 Å². The summed E-state index contributed by atoms with van der Waals surface area (Å²) in [5.41, 5.74) is 1.08. The van der Waals surface area contributed by atoms with Crippen LogP contribution in [0.25, 0.3) is 0 Å². The topological polar surface area (TPSA) is 78.5 Å².